The summed E-state index contributed by atoms with van der Waals surface area (Å²) in [5.41, 5.74) is 5.15. The Bertz CT molecular complexity index is 1980. The molecule has 11 heteroatoms. The Hall–Kier alpha value is -3.70. The standard InChI is InChI=1S/C39H49ClFN3O5Si/c1-8-31-35(32(44(5)43-31)14-11-20-47-22-23-49-50(6,7)39(2,3)4)34-30(40)19-18-29-28(37(38(45)46)42-36(29)34)13-10-21-48-33-15-9-12-25-24-26(41)16-17-27(25)33/h9,12,15-19,24,42H,8,10-11,13-14,20-23H2,1-7H3,(H,45,46). The summed E-state index contributed by atoms with van der Waals surface area (Å²) in [5, 5.41) is 18.2. The molecular formula is C39H49ClFN3O5Si. The fourth-order valence-corrected chi connectivity index (χ4v) is 7.50. The maximum atomic E-state index is 13.7. The zero-order valence-corrected chi connectivity index (χ0v) is 32.0. The lowest BCUT2D eigenvalue weighted by molar-refractivity contribution is 0.0690. The zero-order valence-electron chi connectivity index (χ0n) is 30.2. The van der Waals surface area contributed by atoms with Gasteiger partial charge in [0.05, 0.1) is 36.1 Å². The van der Waals surface area contributed by atoms with Gasteiger partial charge in [-0.15, -0.1) is 0 Å². The largest absolute Gasteiger partial charge is 0.493 e. The van der Waals surface area contributed by atoms with E-state index in [1.54, 1.807) is 6.07 Å². The number of nitrogens with one attached hydrogen (secondary N) is 1. The summed E-state index contributed by atoms with van der Waals surface area (Å²) in [4.78, 5) is 15.8. The molecule has 50 heavy (non-hydrogen) atoms. The summed E-state index contributed by atoms with van der Waals surface area (Å²) in [6.07, 6.45) is 3.23. The number of benzene rings is 3. The van der Waals surface area contributed by atoms with E-state index in [1.807, 2.05) is 42.1 Å². The molecule has 0 aliphatic carbocycles. The van der Waals surface area contributed by atoms with Crippen LogP contribution < -0.4 is 4.74 Å². The van der Waals surface area contributed by atoms with Crippen LogP contribution >= 0.6 is 11.6 Å². The van der Waals surface area contributed by atoms with E-state index in [0.29, 0.717) is 74.0 Å². The number of carboxylic acid groups (broad SMARTS) is 1. The topological polar surface area (TPSA) is 98.6 Å². The van der Waals surface area contributed by atoms with Crippen molar-refractivity contribution >= 4 is 47.6 Å². The van der Waals surface area contributed by atoms with Crippen LogP contribution in [0.4, 0.5) is 4.39 Å². The number of hydrogen-bond donors (Lipinski definition) is 2. The average Bonchev–Trinajstić information content (AvgIpc) is 3.58. The average molecular weight is 722 g/mol. The van der Waals surface area contributed by atoms with Gasteiger partial charge in [0, 0.05) is 41.2 Å². The maximum Gasteiger partial charge on any atom is 0.352 e. The van der Waals surface area contributed by atoms with Crippen molar-refractivity contribution in [2.24, 2.45) is 7.05 Å². The van der Waals surface area contributed by atoms with Gasteiger partial charge in [-0.2, -0.15) is 5.10 Å². The van der Waals surface area contributed by atoms with Crippen molar-refractivity contribution in [1.29, 1.82) is 0 Å². The molecule has 0 unspecified atom stereocenters. The second-order valence-corrected chi connectivity index (χ2v) is 19.5. The number of H-pyrrole nitrogens is 1. The highest BCUT2D eigenvalue weighted by atomic mass is 35.5. The monoisotopic (exact) mass is 721 g/mol. The summed E-state index contributed by atoms with van der Waals surface area (Å²) >= 11 is 6.95. The van der Waals surface area contributed by atoms with Crippen molar-refractivity contribution in [3.8, 4) is 16.9 Å². The lowest BCUT2D eigenvalue weighted by Crippen LogP contribution is -2.41. The lowest BCUT2D eigenvalue weighted by Gasteiger charge is -2.36. The molecule has 0 saturated carbocycles. The molecule has 0 atom stereocenters. The van der Waals surface area contributed by atoms with Crippen molar-refractivity contribution in [2.75, 3.05) is 26.4 Å². The van der Waals surface area contributed by atoms with E-state index in [-0.39, 0.29) is 16.5 Å². The molecule has 0 bridgehead atoms. The number of carbonyl (C=O) groups is 1. The number of nitrogens with zero attached hydrogens (tertiary/aromatic N) is 2. The summed E-state index contributed by atoms with van der Waals surface area (Å²) in [6, 6.07) is 13.9. The number of aromatic nitrogens is 3. The van der Waals surface area contributed by atoms with E-state index in [4.69, 9.17) is 30.6 Å². The van der Waals surface area contributed by atoms with Crippen molar-refractivity contribution in [2.45, 2.75) is 77.9 Å². The molecule has 0 radical (unpaired) electrons. The van der Waals surface area contributed by atoms with Gasteiger partial charge in [0.1, 0.15) is 17.3 Å². The molecule has 0 spiro atoms. The minimum Gasteiger partial charge on any atom is -0.493 e. The first-order chi connectivity index (χ1) is 23.7. The van der Waals surface area contributed by atoms with Gasteiger partial charge in [0.2, 0.25) is 0 Å². The van der Waals surface area contributed by atoms with E-state index >= 15 is 0 Å². The fourth-order valence-electron chi connectivity index (χ4n) is 6.22. The Morgan fingerprint density at radius 3 is 2.46 bits per heavy atom. The van der Waals surface area contributed by atoms with Crippen molar-refractivity contribution in [3.63, 3.8) is 0 Å². The molecule has 268 valence electrons. The molecule has 5 rings (SSSR count). The van der Waals surface area contributed by atoms with Gasteiger partial charge in [-0.3, -0.25) is 4.68 Å². The van der Waals surface area contributed by atoms with E-state index in [1.165, 1.54) is 12.1 Å². The molecule has 2 heterocycles. The van der Waals surface area contributed by atoms with Crippen LogP contribution in [0.2, 0.25) is 23.2 Å². The van der Waals surface area contributed by atoms with Gasteiger partial charge in [-0.05, 0) is 91.5 Å². The number of carboxylic acids is 1. The van der Waals surface area contributed by atoms with Gasteiger partial charge in [0.15, 0.2) is 8.32 Å². The lowest BCUT2D eigenvalue weighted by atomic mass is 9.96. The van der Waals surface area contributed by atoms with Crippen LogP contribution in [0.3, 0.4) is 0 Å². The van der Waals surface area contributed by atoms with E-state index in [9.17, 15) is 14.3 Å². The number of halogens is 2. The van der Waals surface area contributed by atoms with E-state index < -0.39 is 14.3 Å². The predicted octanol–water partition coefficient (Wildman–Crippen LogP) is 9.76. The highest BCUT2D eigenvalue weighted by Crippen LogP contribution is 2.41. The van der Waals surface area contributed by atoms with Gasteiger partial charge in [-0.25, -0.2) is 9.18 Å². The minimum absolute atomic E-state index is 0.140. The summed E-state index contributed by atoms with van der Waals surface area (Å²) in [6.45, 7) is 15.3. The molecule has 5 aromatic rings. The molecule has 8 nitrogen and oxygen atoms in total. The Morgan fingerprint density at radius 1 is 1.00 bits per heavy atom. The summed E-state index contributed by atoms with van der Waals surface area (Å²) in [7, 11) is 0.127. The first-order valence-corrected chi connectivity index (χ1v) is 20.7. The van der Waals surface area contributed by atoms with Crippen LogP contribution in [0.1, 0.15) is 68.0 Å². The van der Waals surface area contributed by atoms with Gasteiger partial charge in [-0.1, -0.05) is 57.5 Å². The molecule has 0 aliphatic rings. The van der Waals surface area contributed by atoms with Gasteiger partial charge >= 0.3 is 5.97 Å². The van der Waals surface area contributed by atoms with Crippen LogP contribution in [0, 0.1) is 5.82 Å². The van der Waals surface area contributed by atoms with Crippen molar-refractivity contribution in [1.82, 2.24) is 14.8 Å². The molecular weight excluding hydrogens is 673 g/mol. The second-order valence-electron chi connectivity index (χ2n) is 14.3. The van der Waals surface area contributed by atoms with Crippen molar-refractivity contribution in [3.05, 3.63) is 82.0 Å². The molecule has 2 N–H and O–H groups in total. The molecule has 2 aromatic heterocycles. The normalized spacial score (nSPS) is 12.3. The number of aromatic carboxylic acids is 1. The number of rotatable bonds is 16. The Kier molecular flexibility index (Phi) is 11.8. The molecule has 0 fully saturated rings. The highest BCUT2D eigenvalue weighted by Gasteiger charge is 2.36. The van der Waals surface area contributed by atoms with Crippen molar-refractivity contribution < 1.29 is 28.2 Å². The Morgan fingerprint density at radius 2 is 1.74 bits per heavy atom. The first-order valence-electron chi connectivity index (χ1n) is 17.4. The predicted molar refractivity (Wildman–Crippen MR) is 202 cm³/mol. The maximum absolute atomic E-state index is 13.7. The highest BCUT2D eigenvalue weighted by molar-refractivity contribution is 6.74. The van der Waals surface area contributed by atoms with E-state index in [0.717, 1.165) is 45.1 Å². The third-order valence-corrected chi connectivity index (χ3v) is 14.8. The summed E-state index contributed by atoms with van der Waals surface area (Å²) < 4.78 is 34.0. The molecule has 0 amide bonds. The molecule has 0 aliphatic heterocycles. The number of ether oxygens (including phenoxy) is 2. The number of fused-ring (bicyclic) bond motifs is 2. The third-order valence-electron chi connectivity index (χ3n) is 9.90. The minimum atomic E-state index is -1.81. The van der Waals surface area contributed by atoms with E-state index in [2.05, 4.69) is 45.8 Å². The van der Waals surface area contributed by atoms with Crippen LogP contribution in [-0.4, -0.2) is 60.6 Å². The number of hydrogen-bond acceptors (Lipinski definition) is 5. The van der Waals surface area contributed by atoms with Crippen LogP contribution in [-0.2, 0) is 35.5 Å². The van der Waals surface area contributed by atoms with Crippen LogP contribution in [0.5, 0.6) is 5.75 Å². The first kappa shape index (κ1) is 37.5. The zero-order chi connectivity index (χ0) is 36.2. The Balaban J connectivity index is 1.34. The number of aromatic amines is 1. The Labute approximate surface area is 300 Å². The third kappa shape index (κ3) is 8.09. The van der Waals surface area contributed by atoms with Crippen LogP contribution in [0.15, 0.2) is 48.5 Å². The number of aryl methyl sites for hydroxylation is 3. The van der Waals surface area contributed by atoms with Gasteiger partial charge < -0.3 is 24.0 Å². The van der Waals surface area contributed by atoms with Gasteiger partial charge in [0.25, 0.3) is 0 Å². The fraction of sp³-hybridized carbons (Fsp3) is 0.436. The molecule has 0 saturated heterocycles. The second kappa shape index (κ2) is 15.7. The quantitative estimate of drug-likeness (QED) is 0.0778. The SMILES string of the molecule is CCc1nn(C)c(CCCOCCO[Si](C)(C)C(C)(C)C)c1-c1c(Cl)ccc2c(CCCOc3cccc4cc(F)ccc34)c(C(=O)O)[nH]c12. The van der Waals surface area contributed by atoms with Crippen LogP contribution in [0.25, 0.3) is 32.8 Å². The smallest absolute Gasteiger partial charge is 0.352 e. The summed E-state index contributed by atoms with van der Waals surface area (Å²) in [5.74, 6) is -0.673. The molecule has 3 aromatic carbocycles.